The first-order chi connectivity index (χ1) is 32.8. The van der Waals surface area contributed by atoms with E-state index < -0.39 is 52.8 Å². The Morgan fingerprint density at radius 1 is 0.739 bits per heavy atom. The zero-order valence-corrected chi connectivity index (χ0v) is 39.0. The molecule has 364 valence electrons. The molecule has 0 aliphatic carbocycles. The fourth-order valence-corrected chi connectivity index (χ4v) is 8.02. The van der Waals surface area contributed by atoms with Crippen molar-refractivity contribution >= 4 is 112 Å². The summed E-state index contributed by atoms with van der Waals surface area (Å²) in [5.74, 6) is -0.885. The average molecular weight is 1030 g/mol. The number of carbonyl (C=O) groups is 1. The van der Waals surface area contributed by atoms with Crippen LogP contribution in [0.1, 0.15) is 27.9 Å². The first kappa shape index (κ1) is 53.2. The highest BCUT2D eigenvalue weighted by molar-refractivity contribution is 7.94. The number of phenols is 1. The molecular formula is C40H40N10O15S4. The topological polar surface area (TPSA) is 397 Å². The summed E-state index contributed by atoms with van der Waals surface area (Å²) in [6.45, 7) is 2.10. The van der Waals surface area contributed by atoms with E-state index in [-0.39, 0.29) is 52.3 Å². The van der Waals surface area contributed by atoms with E-state index in [1.54, 1.807) is 54.6 Å². The lowest BCUT2D eigenvalue weighted by Gasteiger charge is -2.14. The third-order valence-electron chi connectivity index (χ3n) is 9.07. The highest BCUT2D eigenvalue weighted by Crippen LogP contribution is 2.49. The fourth-order valence-electron chi connectivity index (χ4n) is 5.93. The number of anilines is 4. The smallest absolute Gasteiger partial charge is 0.296 e. The van der Waals surface area contributed by atoms with Crippen molar-refractivity contribution in [2.75, 3.05) is 36.2 Å². The van der Waals surface area contributed by atoms with Crippen LogP contribution in [-0.2, 0) is 49.6 Å². The number of hydrogen-bond donors (Lipinski definition) is 9. The van der Waals surface area contributed by atoms with Crippen molar-refractivity contribution in [1.82, 2.24) is 0 Å². The van der Waals surface area contributed by atoms with Gasteiger partial charge in [-0.1, -0.05) is 33.8 Å². The number of fused-ring (bicyclic) bond motifs is 1. The van der Waals surface area contributed by atoms with Gasteiger partial charge in [0.1, 0.15) is 32.5 Å². The van der Waals surface area contributed by atoms with Crippen molar-refractivity contribution in [2.45, 2.75) is 34.5 Å². The lowest BCUT2D eigenvalue weighted by molar-refractivity contribution is -0.434. The van der Waals surface area contributed by atoms with Crippen LogP contribution < -0.4 is 22.5 Å². The van der Waals surface area contributed by atoms with Gasteiger partial charge in [0.25, 0.3) is 26.1 Å². The number of amides is 1. The maximum Gasteiger partial charge on any atom is 0.296 e. The molecule has 12 N–H and O–H groups in total. The number of benzene rings is 6. The molecule has 0 atom stereocenters. The second-order valence-corrected chi connectivity index (χ2v) is 17.8. The van der Waals surface area contributed by atoms with E-state index in [1.165, 1.54) is 25.2 Å². The van der Waals surface area contributed by atoms with Crippen LogP contribution in [0.15, 0.2) is 142 Å². The molecule has 6 aromatic rings. The number of rotatable bonds is 19. The Hall–Kier alpha value is -6.71. The van der Waals surface area contributed by atoms with Gasteiger partial charge in [0.15, 0.2) is 18.1 Å². The van der Waals surface area contributed by atoms with Crippen LogP contribution in [-0.4, -0.2) is 61.1 Å². The molecule has 0 unspecified atom stereocenters. The average Bonchev–Trinajstić information content (AvgIpc) is 3.30. The molecule has 0 saturated heterocycles. The molecule has 25 nitrogen and oxygen atoms in total. The first-order valence-electron chi connectivity index (χ1n) is 19.2. The second-order valence-electron chi connectivity index (χ2n) is 13.8. The summed E-state index contributed by atoms with van der Waals surface area (Å²) in [4.78, 5) is 10.7. The third kappa shape index (κ3) is 14.9. The molecule has 6 rings (SSSR count). The monoisotopic (exact) mass is 1030 g/mol. The minimum atomic E-state index is -4.87. The van der Waals surface area contributed by atoms with E-state index in [1.807, 2.05) is 19.1 Å². The van der Waals surface area contributed by atoms with Gasteiger partial charge in [-0.3, -0.25) is 18.1 Å². The summed E-state index contributed by atoms with van der Waals surface area (Å²) in [6.07, 6.45) is 0.653. The molecule has 6 aromatic carbocycles. The Bertz CT molecular complexity index is 3110. The normalized spacial score (nSPS) is 12.0. The predicted molar refractivity (Wildman–Crippen MR) is 253 cm³/mol. The standard InChI is InChI=1S/C20H21N5O14S4.C20H19N5O/c1-22-24-19-15(43(32,33)34)9-11-8-13(40-38-36-27)18(20(26)16(11)17(19)21)25-23-12-5-4-10(7-14(12)42(29,30)31)3-2-6-35-41-39-37-28;1-13-2-4-14(5-3-13)20(26)23-16-7-9-17(10-8-16)24-25-19-11-6-15(21)12-18(19)22/h4-5,7-9,26-28H,2-3,6,21H2,1H3,(H,29,30,31)(H,32,33,34);2-12H,21-22H2,1H3,(H,23,26). The van der Waals surface area contributed by atoms with Gasteiger partial charge in [-0.05, 0) is 110 Å². The molecule has 0 aromatic heterocycles. The Morgan fingerprint density at radius 3 is 2.04 bits per heavy atom. The van der Waals surface area contributed by atoms with Crippen LogP contribution in [0.4, 0.5) is 51.2 Å². The Labute approximate surface area is 400 Å². The lowest BCUT2D eigenvalue weighted by atomic mass is 10.1. The van der Waals surface area contributed by atoms with E-state index >= 15 is 0 Å². The van der Waals surface area contributed by atoms with Gasteiger partial charge < -0.3 is 27.6 Å². The van der Waals surface area contributed by atoms with Crippen LogP contribution in [0.25, 0.3) is 10.8 Å². The maximum absolute atomic E-state index is 12.2. The Kier molecular flexibility index (Phi) is 18.9. The van der Waals surface area contributed by atoms with Gasteiger partial charge in [-0.2, -0.15) is 32.2 Å². The lowest BCUT2D eigenvalue weighted by Crippen LogP contribution is -2.11. The van der Waals surface area contributed by atoms with Crippen molar-refractivity contribution in [3.8, 4) is 5.75 Å². The maximum atomic E-state index is 12.2. The first-order valence-corrected chi connectivity index (χ1v) is 23.5. The van der Waals surface area contributed by atoms with Crippen LogP contribution in [0, 0.1) is 6.92 Å². The number of phenolic OH excluding ortho intramolecular Hbond substituents is 1. The second kappa shape index (κ2) is 24.5. The van der Waals surface area contributed by atoms with Crippen molar-refractivity contribution < 1.29 is 69.3 Å². The molecule has 29 heteroatoms. The number of nitrogens with one attached hydrogen (secondary N) is 1. The van der Waals surface area contributed by atoms with Gasteiger partial charge in [0, 0.05) is 24.0 Å². The number of nitrogens with zero attached hydrogens (tertiary/aromatic N) is 6. The summed E-state index contributed by atoms with van der Waals surface area (Å²) in [7, 11) is -8.50. The van der Waals surface area contributed by atoms with Crippen LogP contribution in [0.3, 0.4) is 0 Å². The molecule has 0 aliphatic heterocycles. The summed E-state index contributed by atoms with van der Waals surface area (Å²) in [5.41, 5.74) is 21.0. The van der Waals surface area contributed by atoms with Crippen LogP contribution >= 0.6 is 24.4 Å². The Morgan fingerprint density at radius 2 is 1.41 bits per heavy atom. The molecule has 0 heterocycles. The number of aromatic hydroxyl groups is 1. The van der Waals surface area contributed by atoms with E-state index in [4.69, 9.17) is 31.9 Å². The van der Waals surface area contributed by atoms with E-state index in [9.17, 15) is 35.8 Å². The molecule has 0 saturated carbocycles. The number of aryl methyl sites for hydroxylation is 2. The van der Waals surface area contributed by atoms with Gasteiger partial charge in [0.2, 0.25) is 0 Å². The SMILES string of the molecule is CN=Nc1c(S(=O)(=O)O)cc2cc(SOOO)c(N=Nc3ccc(CCCOSOOO)cc3S(=O)(=O)O)c(O)c2c1N.Cc1ccc(C(=O)Nc2ccc(N=Nc3ccc(N)cc3N)cc2)cc1. The zero-order valence-electron chi connectivity index (χ0n) is 35.7. The van der Waals surface area contributed by atoms with Crippen LogP contribution in [0.5, 0.6) is 5.75 Å². The molecule has 0 fully saturated rings. The quantitative estimate of drug-likeness (QED) is 0.00692. The minimum Gasteiger partial charge on any atom is -0.505 e. The van der Waals surface area contributed by atoms with E-state index in [0.29, 0.717) is 58.3 Å². The minimum absolute atomic E-state index is 0.0681. The molecular weight excluding hydrogens is 989 g/mol. The number of nitrogens with two attached hydrogens (primary N) is 3. The third-order valence-corrected chi connectivity index (χ3v) is 11.8. The number of carbonyl (C=O) groups excluding carboxylic acids is 1. The van der Waals surface area contributed by atoms with Crippen molar-refractivity contribution in [2.24, 2.45) is 30.7 Å². The van der Waals surface area contributed by atoms with Crippen LogP contribution in [0.2, 0.25) is 0 Å². The van der Waals surface area contributed by atoms with Gasteiger partial charge in [-0.15, -0.1) is 24.0 Å². The summed E-state index contributed by atoms with van der Waals surface area (Å²) in [6, 6.07) is 25.5. The van der Waals surface area contributed by atoms with Gasteiger partial charge in [-0.25, -0.2) is 10.5 Å². The van der Waals surface area contributed by atoms with E-state index in [2.05, 4.69) is 54.7 Å². The number of hydrogen-bond acceptors (Lipinski definition) is 24. The molecule has 1 amide bonds. The summed E-state index contributed by atoms with van der Waals surface area (Å²) >= 11 is 0.653. The highest BCUT2D eigenvalue weighted by atomic mass is 32.2. The largest absolute Gasteiger partial charge is 0.505 e. The number of nitrogen functional groups attached to an aromatic ring is 3. The van der Waals surface area contributed by atoms with E-state index in [0.717, 1.165) is 17.7 Å². The van der Waals surface area contributed by atoms with Crippen molar-refractivity contribution in [3.63, 3.8) is 0 Å². The molecule has 69 heavy (non-hydrogen) atoms. The van der Waals surface area contributed by atoms with Gasteiger partial charge >= 0.3 is 0 Å². The summed E-state index contributed by atoms with van der Waals surface area (Å²) < 4.78 is 81.0. The van der Waals surface area contributed by atoms with Crippen molar-refractivity contribution in [3.05, 3.63) is 114 Å². The highest BCUT2D eigenvalue weighted by Gasteiger charge is 2.26. The zero-order chi connectivity index (χ0) is 50.3. The van der Waals surface area contributed by atoms with Gasteiger partial charge in [0.05, 0.1) is 46.0 Å². The fraction of sp³-hybridized carbons (Fsp3) is 0.125. The Balaban J connectivity index is 0.000000290. The molecule has 0 radical (unpaired) electrons. The van der Waals surface area contributed by atoms with Crippen molar-refractivity contribution in [1.29, 1.82) is 0 Å². The molecule has 0 spiro atoms. The predicted octanol–water partition coefficient (Wildman–Crippen LogP) is 9.94. The molecule has 0 bridgehead atoms. The number of azo groups is 3. The molecule has 0 aliphatic rings. The summed E-state index contributed by atoms with van der Waals surface area (Å²) in [5, 5.41) is 60.4.